The van der Waals surface area contributed by atoms with Crippen molar-refractivity contribution >= 4 is 11.9 Å². The molecule has 0 radical (unpaired) electrons. The van der Waals surface area contributed by atoms with E-state index in [2.05, 4.69) is 4.74 Å². The number of esters is 1. The van der Waals surface area contributed by atoms with E-state index in [0.717, 1.165) is 24.1 Å². The summed E-state index contributed by atoms with van der Waals surface area (Å²) in [6, 6.07) is 7.37. The predicted octanol–water partition coefficient (Wildman–Crippen LogP) is 3.15. The zero-order valence-electron chi connectivity index (χ0n) is 15.8. The number of likely N-dealkylation sites (tertiary alicyclic amines) is 1. The monoisotopic (exact) mass is 386 g/mol. The van der Waals surface area contributed by atoms with Crippen molar-refractivity contribution < 1.29 is 27.5 Å². The molecule has 0 bridgehead atoms. The van der Waals surface area contributed by atoms with Gasteiger partial charge in [0.25, 0.3) is 0 Å². The molecule has 1 saturated heterocycles. The molecule has 1 amide bonds. The Kier molecular flexibility index (Phi) is 6.86. The number of amides is 1. The number of hydrogen-bond acceptors (Lipinski definition) is 4. The van der Waals surface area contributed by atoms with Crippen LogP contribution in [0.1, 0.15) is 36.9 Å². The molecule has 1 fully saturated rings. The molecular formula is C19H25F3N2O3. The second-order valence-electron chi connectivity index (χ2n) is 7.33. The molecule has 5 nitrogen and oxygen atoms in total. The summed E-state index contributed by atoms with van der Waals surface area (Å²) < 4.78 is 40.9. The van der Waals surface area contributed by atoms with Gasteiger partial charge in [-0.05, 0) is 44.0 Å². The molecule has 0 N–H and O–H groups in total. The van der Waals surface area contributed by atoms with Gasteiger partial charge in [-0.2, -0.15) is 13.2 Å². The molecule has 0 spiro atoms. The lowest BCUT2D eigenvalue weighted by Gasteiger charge is -2.38. The number of hydrogen-bond donors (Lipinski definition) is 0. The van der Waals surface area contributed by atoms with Gasteiger partial charge in [0.2, 0.25) is 0 Å². The Hall–Kier alpha value is -2.09. The fourth-order valence-corrected chi connectivity index (χ4v) is 3.26. The normalized spacial score (nSPS) is 20.6. The lowest BCUT2D eigenvalue weighted by molar-refractivity contribution is -0.190. The average molecular weight is 386 g/mol. The van der Waals surface area contributed by atoms with E-state index in [1.54, 1.807) is 0 Å². The number of piperidine rings is 1. The van der Waals surface area contributed by atoms with Crippen molar-refractivity contribution in [2.24, 2.45) is 5.92 Å². The van der Waals surface area contributed by atoms with Gasteiger partial charge in [-0.25, -0.2) is 4.79 Å². The Labute approximate surface area is 157 Å². The SMILES string of the molecule is C[C@H]1CC[C@H](c2ccc(CN(C)C)cc2)N(C(=O)C(=O)OCC(F)(F)F)C1. The Morgan fingerprint density at radius 3 is 2.37 bits per heavy atom. The van der Waals surface area contributed by atoms with E-state index in [-0.39, 0.29) is 12.0 Å². The largest absolute Gasteiger partial charge is 0.449 e. The minimum absolute atomic E-state index is 0.161. The number of nitrogens with zero attached hydrogens (tertiary/aromatic N) is 2. The van der Waals surface area contributed by atoms with Crippen LogP contribution >= 0.6 is 0 Å². The Bertz CT molecular complexity index is 659. The van der Waals surface area contributed by atoms with Crippen LogP contribution in [-0.2, 0) is 20.9 Å². The summed E-state index contributed by atoms with van der Waals surface area (Å²) in [5.41, 5.74) is 1.97. The summed E-state index contributed by atoms with van der Waals surface area (Å²) >= 11 is 0. The van der Waals surface area contributed by atoms with E-state index in [4.69, 9.17) is 0 Å². The van der Waals surface area contributed by atoms with Gasteiger partial charge in [0.15, 0.2) is 6.61 Å². The summed E-state index contributed by atoms with van der Waals surface area (Å²) in [6.45, 7) is 1.26. The first-order valence-electron chi connectivity index (χ1n) is 8.85. The van der Waals surface area contributed by atoms with Gasteiger partial charge in [0, 0.05) is 13.1 Å². The van der Waals surface area contributed by atoms with Crippen LogP contribution in [0.4, 0.5) is 13.2 Å². The third-order valence-corrected chi connectivity index (χ3v) is 4.48. The molecule has 1 aliphatic heterocycles. The number of halogens is 3. The van der Waals surface area contributed by atoms with Crippen LogP contribution in [0, 0.1) is 5.92 Å². The number of ether oxygens (including phenoxy) is 1. The molecule has 150 valence electrons. The van der Waals surface area contributed by atoms with Crippen molar-refractivity contribution in [3.05, 3.63) is 35.4 Å². The van der Waals surface area contributed by atoms with Gasteiger partial charge in [-0.15, -0.1) is 0 Å². The number of carbonyl (C=O) groups is 2. The van der Waals surface area contributed by atoms with Crippen LogP contribution in [0.3, 0.4) is 0 Å². The van der Waals surface area contributed by atoms with Crippen LogP contribution in [0.5, 0.6) is 0 Å². The van der Waals surface area contributed by atoms with Crippen molar-refractivity contribution in [2.45, 2.75) is 38.5 Å². The zero-order chi connectivity index (χ0) is 20.2. The highest BCUT2D eigenvalue weighted by Crippen LogP contribution is 2.33. The van der Waals surface area contributed by atoms with Gasteiger partial charge >= 0.3 is 18.1 Å². The molecule has 1 aromatic rings. The standard InChI is InChI=1S/C19H25F3N2O3/c1-13-4-9-16(15-7-5-14(6-8-15)11-23(2)3)24(10-13)17(25)18(26)27-12-19(20,21)22/h5-8,13,16H,4,9-12H2,1-3H3/t13-,16+/m0/s1. The first-order chi connectivity index (χ1) is 12.6. The van der Waals surface area contributed by atoms with E-state index in [1.807, 2.05) is 50.2 Å². The van der Waals surface area contributed by atoms with Crippen LogP contribution in [0.15, 0.2) is 24.3 Å². The summed E-state index contributed by atoms with van der Waals surface area (Å²) in [4.78, 5) is 27.6. The van der Waals surface area contributed by atoms with E-state index in [1.165, 1.54) is 4.90 Å². The summed E-state index contributed by atoms with van der Waals surface area (Å²) in [5.74, 6) is -2.32. The lowest BCUT2D eigenvalue weighted by Crippen LogP contribution is -2.45. The molecule has 0 saturated carbocycles. The number of carbonyl (C=O) groups excluding carboxylic acids is 2. The second kappa shape index (κ2) is 8.73. The van der Waals surface area contributed by atoms with Gasteiger partial charge in [0.05, 0.1) is 6.04 Å². The fraction of sp³-hybridized carbons (Fsp3) is 0.579. The number of benzene rings is 1. The van der Waals surface area contributed by atoms with Gasteiger partial charge in [-0.3, -0.25) is 4.79 Å². The lowest BCUT2D eigenvalue weighted by atomic mass is 9.89. The third-order valence-electron chi connectivity index (χ3n) is 4.48. The van der Waals surface area contributed by atoms with Gasteiger partial charge in [-0.1, -0.05) is 31.2 Å². The number of rotatable bonds is 4. The molecule has 2 atom stereocenters. The van der Waals surface area contributed by atoms with Crippen LogP contribution in [-0.4, -0.2) is 55.1 Å². The molecule has 2 rings (SSSR count). The van der Waals surface area contributed by atoms with Crippen molar-refractivity contribution in [1.29, 1.82) is 0 Å². The molecule has 27 heavy (non-hydrogen) atoms. The second-order valence-corrected chi connectivity index (χ2v) is 7.33. The number of alkyl halides is 3. The maximum absolute atomic E-state index is 12.4. The molecule has 1 heterocycles. The smallest absolute Gasteiger partial charge is 0.422 e. The molecule has 0 unspecified atom stereocenters. The Morgan fingerprint density at radius 1 is 1.19 bits per heavy atom. The van der Waals surface area contributed by atoms with E-state index in [0.29, 0.717) is 13.0 Å². The first-order valence-corrected chi connectivity index (χ1v) is 8.85. The molecule has 0 aliphatic carbocycles. The maximum Gasteiger partial charge on any atom is 0.422 e. The minimum Gasteiger partial charge on any atom is -0.449 e. The first kappa shape index (κ1) is 21.2. The van der Waals surface area contributed by atoms with Gasteiger partial charge in [0.1, 0.15) is 0 Å². The van der Waals surface area contributed by atoms with Crippen LogP contribution in [0.2, 0.25) is 0 Å². The van der Waals surface area contributed by atoms with Crippen molar-refractivity contribution in [2.75, 3.05) is 27.2 Å². The van der Waals surface area contributed by atoms with Crippen LogP contribution < -0.4 is 0 Å². The highest BCUT2D eigenvalue weighted by Gasteiger charge is 2.37. The zero-order valence-corrected chi connectivity index (χ0v) is 15.8. The maximum atomic E-state index is 12.4. The predicted molar refractivity (Wildman–Crippen MR) is 93.7 cm³/mol. The summed E-state index contributed by atoms with van der Waals surface area (Å²) in [6.07, 6.45) is -3.15. The molecule has 0 aromatic heterocycles. The van der Waals surface area contributed by atoms with Gasteiger partial charge < -0.3 is 14.5 Å². The third kappa shape index (κ3) is 6.23. The highest BCUT2D eigenvalue weighted by atomic mass is 19.4. The van der Waals surface area contributed by atoms with E-state index >= 15 is 0 Å². The molecule has 1 aliphatic rings. The quantitative estimate of drug-likeness (QED) is 0.589. The summed E-state index contributed by atoms with van der Waals surface area (Å²) in [5, 5.41) is 0. The summed E-state index contributed by atoms with van der Waals surface area (Å²) in [7, 11) is 3.92. The topological polar surface area (TPSA) is 49.9 Å². The average Bonchev–Trinajstić information content (AvgIpc) is 2.58. The molecular weight excluding hydrogens is 361 g/mol. The van der Waals surface area contributed by atoms with E-state index < -0.39 is 24.7 Å². The van der Waals surface area contributed by atoms with E-state index in [9.17, 15) is 22.8 Å². The fourth-order valence-electron chi connectivity index (χ4n) is 3.26. The Balaban J connectivity index is 2.14. The molecule has 8 heteroatoms. The highest BCUT2D eigenvalue weighted by molar-refractivity contribution is 6.32. The van der Waals surface area contributed by atoms with Crippen molar-refractivity contribution in [3.8, 4) is 0 Å². The van der Waals surface area contributed by atoms with Crippen molar-refractivity contribution in [3.63, 3.8) is 0 Å². The Morgan fingerprint density at radius 2 is 1.81 bits per heavy atom. The van der Waals surface area contributed by atoms with Crippen molar-refractivity contribution in [1.82, 2.24) is 9.80 Å². The molecule has 1 aromatic carbocycles. The van der Waals surface area contributed by atoms with Crippen LogP contribution in [0.25, 0.3) is 0 Å². The minimum atomic E-state index is -4.66.